The third kappa shape index (κ3) is 5.25. The monoisotopic (exact) mass is 382 g/mol. The van der Waals surface area contributed by atoms with E-state index in [1.54, 1.807) is 4.90 Å². The predicted octanol–water partition coefficient (Wildman–Crippen LogP) is 2.94. The van der Waals surface area contributed by atoms with Crippen molar-refractivity contribution in [2.45, 2.75) is 20.3 Å². The minimum absolute atomic E-state index is 0.0350. The van der Waals surface area contributed by atoms with E-state index < -0.39 is 0 Å². The number of carbonyl (C=O) groups excluding carboxylic acids is 2. The van der Waals surface area contributed by atoms with Crippen LogP contribution in [0.15, 0.2) is 48.5 Å². The highest BCUT2D eigenvalue weighted by Gasteiger charge is 2.30. The van der Waals surface area contributed by atoms with Crippen LogP contribution in [0.25, 0.3) is 0 Å². The Morgan fingerprint density at radius 3 is 2.64 bits per heavy atom. The smallest absolute Gasteiger partial charge is 0.257 e. The number of anilines is 1. The number of nitrogens with zero attached hydrogens (tertiary/aromatic N) is 1. The maximum Gasteiger partial charge on any atom is 0.257 e. The van der Waals surface area contributed by atoms with E-state index in [4.69, 9.17) is 9.47 Å². The zero-order valence-electron chi connectivity index (χ0n) is 16.3. The second kappa shape index (κ2) is 9.26. The lowest BCUT2D eigenvalue weighted by Gasteiger charge is -2.17. The summed E-state index contributed by atoms with van der Waals surface area (Å²) in [5.41, 5.74) is 1.93. The molecule has 2 aromatic rings. The minimum Gasteiger partial charge on any atom is -0.494 e. The number of ether oxygens (including phenoxy) is 2. The molecule has 1 aliphatic rings. The molecule has 1 atom stereocenters. The van der Waals surface area contributed by atoms with Gasteiger partial charge < -0.3 is 19.7 Å². The molecule has 0 aliphatic carbocycles. The SMILES string of the molecule is CCOc1ccc(N2CC(CNC(=O)COc3cccc(C)c3)CC2=O)cc1. The maximum absolute atomic E-state index is 12.3. The average molecular weight is 382 g/mol. The van der Waals surface area contributed by atoms with E-state index in [0.717, 1.165) is 17.0 Å². The number of carbonyl (C=O) groups is 2. The van der Waals surface area contributed by atoms with Crippen LogP contribution >= 0.6 is 0 Å². The average Bonchev–Trinajstić information content (AvgIpc) is 3.06. The fourth-order valence-electron chi connectivity index (χ4n) is 3.22. The topological polar surface area (TPSA) is 67.9 Å². The van der Waals surface area contributed by atoms with Crippen LogP contribution in [-0.4, -0.2) is 38.1 Å². The highest BCUT2D eigenvalue weighted by molar-refractivity contribution is 5.95. The molecule has 0 aromatic heterocycles. The maximum atomic E-state index is 12.3. The van der Waals surface area contributed by atoms with Gasteiger partial charge >= 0.3 is 0 Å². The van der Waals surface area contributed by atoms with E-state index in [-0.39, 0.29) is 24.3 Å². The molecule has 6 nitrogen and oxygen atoms in total. The molecule has 148 valence electrons. The quantitative estimate of drug-likeness (QED) is 0.762. The lowest BCUT2D eigenvalue weighted by Crippen LogP contribution is -2.34. The molecule has 1 aliphatic heterocycles. The van der Waals surface area contributed by atoms with Crippen molar-refractivity contribution in [2.24, 2.45) is 5.92 Å². The van der Waals surface area contributed by atoms with Crippen LogP contribution in [0.4, 0.5) is 5.69 Å². The zero-order valence-corrected chi connectivity index (χ0v) is 16.3. The van der Waals surface area contributed by atoms with Crippen LogP contribution < -0.4 is 19.7 Å². The van der Waals surface area contributed by atoms with Crippen LogP contribution in [0.5, 0.6) is 11.5 Å². The Morgan fingerprint density at radius 1 is 1.14 bits per heavy atom. The van der Waals surface area contributed by atoms with Crippen LogP contribution in [0, 0.1) is 12.8 Å². The summed E-state index contributed by atoms with van der Waals surface area (Å²) in [6.07, 6.45) is 0.423. The molecule has 0 radical (unpaired) electrons. The molecular formula is C22H26N2O4. The van der Waals surface area contributed by atoms with Gasteiger partial charge in [-0.2, -0.15) is 0 Å². The first-order chi connectivity index (χ1) is 13.5. The largest absolute Gasteiger partial charge is 0.494 e. The summed E-state index contributed by atoms with van der Waals surface area (Å²) in [5, 5.41) is 2.87. The highest BCUT2D eigenvalue weighted by atomic mass is 16.5. The first-order valence-corrected chi connectivity index (χ1v) is 9.54. The van der Waals surface area contributed by atoms with Crippen molar-refractivity contribution in [3.8, 4) is 11.5 Å². The summed E-state index contributed by atoms with van der Waals surface area (Å²) in [5.74, 6) is 1.43. The summed E-state index contributed by atoms with van der Waals surface area (Å²) in [6.45, 7) is 5.52. The van der Waals surface area contributed by atoms with Crippen molar-refractivity contribution in [1.29, 1.82) is 0 Å². The van der Waals surface area contributed by atoms with E-state index in [0.29, 0.717) is 31.9 Å². The number of hydrogen-bond acceptors (Lipinski definition) is 4. The van der Waals surface area contributed by atoms with Gasteiger partial charge in [0, 0.05) is 31.1 Å². The van der Waals surface area contributed by atoms with Gasteiger partial charge in [0.25, 0.3) is 5.91 Å². The molecule has 2 aromatic carbocycles. The summed E-state index contributed by atoms with van der Waals surface area (Å²) in [4.78, 5) is 26.1. The van der Waals surface area contributed by atoms with Crippen molar-refractivity contribution < 1.29 is 19.1 Å². The highest BCUT2D eigenvalue weighted by Crippen LogP contribution is 2.26. The van der Waals surface area contributed by atoms with E-state index in [1.807, 2.05) is 62.4 Å². The van der Waals surface area contributed by atoms with Crippen LogP contribution in [0.1, 0.15) is 18.9 Å². The van der Waals surface area contributed by atoms with E-state index in [1.165, 1.54) is 0 Å². The third-order valence-corrected chi connectivity index (χ3v) is 4.61. The summed E-state index contributed by atoms with van der Waals surface area (Å²) < 4.78 is 10.9. The molecular weight excluding hydrogens is 356 g/mol. The normalized spacial score (nSPS) is 16.1. The molecule has 3 rings (SSSR count). The zero-order chi connectivity index (χ0) is 19.9. The van der Waals surface area contributed by atoms with Gasteiger partial charge in [0.1, 0.15) is 11.5 Å². The Hall–Kier alpha value is -3.02. The Morgan fingerprint density at radius 2 is 1.93 bits per heavy atom. The molecule has 0 saturated carbocycles. The molecule has 0 bridgehead atoms. The van der Waals surface area contributed by atoms with E-state index in [9.17, 15) is 9.59 Å². The van der Waals surface area contributed by atoms with Crippen LogP contribution in [0.2, 0.25) is 0 Å². The molecule has 1 heterocycles. The Bertz CT molecular complexity index is 820. The number of benzene rings is 2. The van der Waals surface area contributed by atoms with Crippen molar-refractivity contribution >= 4 is 17.5 Å². The first kappa shape index (κ1) is 19.7. The molecule has 1 N–H and O–H groups in total. The van der Waals surface area contributed by atoms with Gasteiger partial charge in [0.2, 0.25) is 5.91 Å². The Labute approximate surface area is 165 Å². The standard InChI is InChI=1S/C22H26N2O4/c1-3-27-19-9-7-18(8-10-19)24-14-17(12-22(24)26)13-23-21(25)15-28-20-6-4-5-16(2)11-20/h4-11,17H,3,12-15H2,1-2H3,(H,23,25). The predicted molar refractivity (Wildman–Crippen MR) is 108 cm³/mol. The molecule has 0 spiro atoms. The van der Waals surface area contributed by atoms with Crippen LogP contribution in [-0.2, 0) is 9.59 Å². The number of hydrogen-bond donors (Lipinski definition) is 1. The van der Waals surface area contributed by atoms with E-state index in [2.05, 4.69) is 5.32 Å². The summed E-state index contributed by atoms with van der Waals surface area (Å²) in [6, 6.07) is 15.1. The molecule has 6 heteroatoms. The number of rotatable bonds is 8. The Balaban J connectivity index is 1.45. The van der Waals surface area contributed by atoms with E-state index >= 15 is 0 Å². The minimum atomic E-state index is -0.187. The molecule has 1 unspecified atom stereocenters. The summed E-state index contributed by atoms with van der Waals surface area (Å²) >= 11 is 0. The second-order valence-corrected chi connectivity index (χ2v) is 6.91. The Kier molecular flexibility index (Phi) is 6.53. The second-order valence-electron chi connectivity index (χ2n) is 6.91. The van der Waals surface area contributed by atoms with Gasteiger partial charge in [-0.05, 0) is 55.8 Å². The fourth-order valence-corrected chi connectivity index (χ4v) is 3.22. The van der Waals surface area contributed by atoms with Crippen molar-refractivity contribution in [2.75, 3.05) is 31.2 Å². The molecule has 1 saturated heterocycles. The van der Waals surface area contributed by atoms with Gasteiger partial charge in [-0.25, -0.2) is 0 Å². The molecule has 28 heavy (non-hydrogen) atoms. The number of aryl methyl sites for hydroxylation is 1. The van der Waals surface area contributed by atoms with Crippen molar-refractivity contribution in [3.05, 3.63) is 54.1 Å². The number of amides is 2. The van der Waals surface area contributed by atoms with Gasteiger partial charge in [-0.15, -0.1) is 0 Å². The lowest BCUT2D eigenvalue weighted by molar-refractivity contribution is -0.123. The van der Waals surface area contributed by atoms with Gasteiger partial charge in [0.15, 0.2) is 6.61 Å². The van der Waals surface area contributed by atoms with Gasteiger partial charge in [-0.1, -0.05) is 12.1 Å². The fraction of sp³-hybridized carbons (Fsp3) is 0.364. The van der Waals surface area contributed by atoms with Crippen molar-refractivity contribution in [1.82, 2.24) is 5.32 Å². The number of nitrogens with one attached hydrogen (secondary N) is 1. The lowest BCUT2D eigenvalue weighted by atomic mass is 10.1. The molecule has 1 fully saturated rings. The first-order valence-electron chi connectivity index (χ1n) is 9.54. The van der Waals surface area contributed by atoms with Gasteiger partial charge in [0.05, 0.1) is 6.61 Å². The van der Waals surface area contributed by atoms with Crippen LogP contribution in [0.3, 0.4) is 0 Å². The van der Waals surface area contributed by atoms with Gasteiger partial charge in [-0.3, -0.25) is 9.59 Å². The van der Waals surface area contributed by atoms with Crippen molar-refractivity contribution in [3.63, 3.8) is 0 Å². The molecule has 2 amide bonds. The summed E-state index contributed by atoms with van der Waals surface area (Å²) in [7, 11) is 0. The third-order valence-electron chi connectivity index (χ3n) is 4.61.